The fraction of sp³-hybridized carbons (Fsp3) is 0.510. The van der Waals surface area contributed by atoms with Gasteiger partial charge in [-0.25, -0.2) is 0 Å². The van der Waals surface area contributed by atoms with Crippen molar-refractivity contribution >= 4 is 70.6 Å². The Kier molecular flexibility index (Phi) is 18.9. The van der Waals surface area contributed by atoms with Gasteiger partial charge in [-0.15, -0.1) is 0 Å². The SMILES string of the molecule is C=CC(C=C)OC(=O)CCCCCCCCOC12CCC(c3cc4cccc5c(C67CCC(c8ccc9c(c8)C(CCCCCCCC)(CCCCCCCC)c8cc(C%10%11CCC(c%12cc%13cccc%14c(C)cc%15cccc%12c%15c%13%14)(CC%10)CC%11)ccc8-9)(CC6)CC7)cc6cccc3c6c45)(CC1)CC2. The minimum atomic E-state index is -0.392. The van der Waals surface area contributed by atoms with E-state index in [1.807, 2.05) is 0 Å². The summed E-state index contributed by atoms with van der Waals surface area (Å²) in [5.41, 5.74) is 17.5. The molecule has 0 radical (unpaired) electrons. The quantitative estimate of drug-likeness (QED) is 0.0182. The second-order valence-electron chi connectivity index (χ2n) is 35.4. The van der Waals surface area contributed by atoms with E-state index in [4.69, 9.17) is 9.47 Å². The number of benzene rings is 10. The number of unbranched alkanes of at least 4 members (excludes halogenated alkanes) is 15. The molecule has 20 rings (SSSR count). The number of esters is 1. The Morgan fingerprint density at radius 2 is 0.748 bits per heavy atom. The molecule has 0 heterocycles. The molecule has 0 aromatic heterocycles. The van der Waals surface area contributed by atoms with Crippen LogP contribution in [0.15, 0.2) is 159 Å². The molecule has 0 atom stereocenters. The average molecular weight is 1370 g/mol. The molecule has 0 unspecified atom stereocenters. The fourth-order valence-electron chi connectivity index (χ4n) is 24.0. The highest BCUT2D eigenvalue weighted by atomic mass is 16.5. The third kappa shape index (κ3) is 11.9. The standard InChI is InChI=1S/C100H118O3/c1-6-10-12-14-19-23-43-100(44-24-20-15-13-11-7-2)87-68-75(94-45-51-96(52-46-94,53-47-94)84-65-72-31-26-34-78-70(5)64-71-30-27-35-81(84)91(71)90(72)78)39-41-79(87)80-42-40-76(69-88(80)100)95-48-54-97(55-49-95,56-50-95)85-66-73-32-29-37-83-86(67-74-33-28-36-82(85)92(74)93(73)83)98-57-60-99(61-58-98,62-59-98)102-63-25-21-17-16-18-22-38-89(101)103-77(8-3)9-4/h8-9,26-37,39-42,64-69,77H,3-4,6-7,10-25,38,43-63H2,1-2,5H3. The number of fused-ring (bicyclic) bond motifs is 12. The van der Waals surface area contributed by atoms with Gasteiger partial charge in [0.05, 0.1) is 5.60 Å². The summed E-state index contributed by atoms with van der Waals surface area (Å²) < 4.78 is 12.3. The van der Waals surface area contributed by atoms with E-state index >= 15 is 0 Å². The molecule has 536 valence electrons. The van der Waals surface area contributed by atoms with Crippen LogP contribution in [0.2, 0.25) is 0 Å². The molecule has 0 amide bonds. The maximum atomic E-state index is 12.2. The minimum absolute atomic E-state index is 0.0409. The number of hydrogen-bond donors (Lipinski definition) is 0. The van der Waals surface area contributed by atoms with E-state index in [2.05, 4.69) is 167 Å². The van der Waals surface area contributed by atoms with E-state index in [0.717, 1.165) is 32.3 Å². The summed E-state index contributed by atoms with van der Waals surface area (Å²) >= 11 is 0. The molecule has 0 N–H and O–H groups in total. The van der Waals surface area contributed by atoms with Gasteiger partial charge in [0, 0.05) is 18.4 Å². The summed E-state index contributed by atoms with van der Waals surface area (Å²) in [4.78, 5) is 12.2. The molecule has 10 aromatic rings. The van der Waals surface area contributed by atoms with E-state index in [9.17, 15) is 4.79 Å². The molecular formula is C100H118O3. The van der Waals surface area contributed by atoms with Crippen molar-refractivity contribution in [1.29, 1.82) is 0 Å². The van der Waals surface area contributed by atoms with Crippen LogP contribution in [-0.2, 0) is 46.8 Å². The van der Waals surface area contributed by atoms with Crippen LogP contribution in [0.3, 0.4) is 0 Å². The van der Waals surface area contributed by atoms with Crippen LogP contribution >= 0.6 is 0 Å². The van der Waals surface area contributed by atoms with E-state index in [-0.39, 0.29) is 44.1 Å². The van der Waals surface area contributed by atoms with Crippen molar-refractivity contribution in [2.45, 2.75) is 315 Å². The first-order valence-electron chi connectivity index (χ1n) is 42.2. The molecule has 9 saturated carbocycles. The van der Waals surface area contributed by atoms with Crippen LogP contribution in [0.5, 0.6) is 0 Å². The third-order valence-corrected chi connectivity index (χ3v) is 30.3. The van der Waals surface area contributed by atoms with E-state index in [0.29, 0.717) is 6.42 Å². The smallest absolute Gasteiger partial charge is 0.306 e. The first-order valence-corrected chi connectivity index (χ1v) is 42.2. The fourth-order valence-corrected chi connectivity index (χ4v) is 24.0. The number of hydrogen-bond acceptors (Lipinski definition) is 3. The highest BCUT2D eigenvalue weighted by Gasteiger charge is 2.55. The van der Waals surface area contributed by atoms with Gasteiger partial charge in [-0.2, -0.15) is 0 Å². The Bertz CT molecular complexity index is 4680. The molecule has 10 aromatic carbocycles. The largest absolute Gasteiger partial charge is 0.454 e. The van der Waals surface area contributed by atoms with Crippen molar-refractivity contribution in [2.24, 2.45) is 0 Å². The van der Waals surface area contributed by atoms with Gasteiger partial charge in [0.15, 0.2) is 0 Å². The highest BCUT2D eigenvalue weighted by molar-refractivity contribution is 6.26. The second kappa shape index (κ2) is 28.2. The Labute approximate surface area is 617 Å². The van der Waals surface area contributed by atoms with Crippen LogP contribution in [0.25, 0.3) is 75.8 Å². The molecule has 10 aliphatic carbocycles. The molecule has 0 spiro atoms. The van der Waals surface area contributed by atoms with Crippen LogP contribution in [0, 0.1) is 6.92 Å². The van der Waals surface area contributed by atoms with Crippen molar-refractivity contribution in [3.8, 4) is 11.1 Å². The Balaban J connectivity index is 0.620. The van der Waals surface area contributed by atoms with Gasteiger partial charge in [-0.1, -0.05) is 245 Å². The molecule has 10 aliphatic rings. The molecular weight excluding hydrogens is 1250 g/mol. The van der Waals surface area contributed by atoms with E-state index in [1.54, 1.807) is 62.2 Å². The van der Waals surface area contributed by atoms with E-state index < -0.39 is 6.10 Å². The van der Waals surface area contributed by atoms with Crippen molar-refractivity contribution in [1.82, 2.24) is 0 Å². The summed E-state index contributed by atoms with van der Waals surface area (Å²) in [6.45, 7) is 15.4. The first-order chi connectivity index (χ1) is 50.4. The second-order valence-corrected chi connectivity index (χ2v) is 35.4. The lowest BCUT2D eigenvalue weighted by Gasteiger charge is -2.55. The predicted molar refractivity (Wildman–Crippen MR) is 436 cm³/mol. The molecule has 103 heavy (non-hydrogen) atoms. The lowest BCUT2D eigenvalue weighted by molar-refractivity contribution is -0.145. The number of ether oxygens (including phenoxy) is 2. The zero-order chi connectivity index (χ0) is 70.0. The summed E-state index contributed by atoms with van der Waals surface area (Å²) in [5.74, 6) is -0.158. The zero-order valence-electron chi connectivity index (χ0n) is 63.4. The van der Waals surface area contributed by atoms with Gasteiger partial charge < -0.3 is 9.47 Å². The number of carbonyl (C=O) groups is 1. The number of rotatable bonds is 32. The highest BCUT2D eigenvalue weighted by Crippen LogP contribution is 2.66. The van der Waals surface area contributed by atoms with Gasteiger partial charge in [0.25, 0.3) is 0 Å². The van der Waals surface area contributed by atoms with Gasteiger partial charge in [0.1, 0.15) is 6.10 Å². The van der Waals surface area contributed by atoms with Crippen LogP contribution in [0.4, 0.5) is 0 Å². The van der Waals surface area contributed by atoms with Crippen LogP contribution in [-0.4, -0.2) is 24.3 Å². The average Bonchev–Trinajstić information content (AvgIpc) is 1.59. The van der Waals surface area contributed by atoms with Gasteiger partial charge >= 0.3 is 5.97 Å². The van der Waals surface area contributed by atoms with Gasteiger partial charge in [-0.3, -0.25) is 4.79 Å². The van der Waals surface area contributed by atoms with Crippen molar-refractivity contribution in [2.75, 3.05) is 6.61 Å². The molecule has 0 saturated heterocycles. The topological polar surface area (TPSA) is 35.5 Å². The van der Waals surface area contributed by atoms with Gasteiger partial charge in [-0.05, 0) is 326 Å². The van der Waals surface area contributed by atoms with Crippen molar-refractivity contribution in [3.63, 3.8) is 0 Å². The van der Waals surface area contributed by atoms with Crippen molar-refractivity contribution < 1.29 is 14.3 Å². The maximum absolute atomic E-state index is 12.2. The Hall–Kier alpha value is -6.81. The van der Waals surface area contributed by atoms with Gasteiger partial charge in [0.2, 0.25) is 0 Å². The molecule has 3 nitrogen and oxygen atoms in total. The molecule has 6 bridgehead atoms. The Morgan fingerprint density at radius 1 is 0.388 bits per heavy atom. The van der Waals surface area contributed by atoms with Crippen LogP contribution in [0.1, 0.15) is 309 Å². The zero-order valence-corrected chi connectivity index (χ0v) is 63.4. The summed E-state index contributed by atoms with van der Waals surface area (Å²) in [5, 5.41) is 17.8. The summed E-state index contributed by atoms with van der Waals surface area (Å²) in [6, 6.07) is 56.2. The van der Waals surface area contributed by atoms with Crippen molar-refractivity contribution in [3.05, 3.63) is 203 Å². The summed E-state index contributed by atoms with van der Waals surface area (Å²) in [6.07, 6.45) is 51.3. The lowest BCUT2D eigenvalue weighted by Crippen LogP contribution is -2.49. The lowest BCUT2D eigenvalue weighted by atomic mass is 9.49. The normalized spacial score (nSPS) is 25.4. The molecule has 9 fully saturated rings. The van der Waals surface area contributed by atoms with E-state index in [1.165, 1.54) is 289 Å². The van der Waals surface area contributed by atoms with Crippen LogP contribution < -0.4 is 0 Å². The molecule has 3 heteroatoms. The summed E-state index contributed by atoms with van der Waals surface area (Å²) in [7, 11) is 0. The maximum Gasteiger partial charge on any atom is 0.306 e. The predicted octanol–water partition coefficient (Wildman–Crippen LogP) is 28.0. The monoisotopic (exact) mass is 1370 g/mol. The minimum Gasteiger partial charge on any atom is -0.454 e. The number of carbonyl (C=O) groups excluding carboxylic acids is 1. The molecule has 0 aliphatic heterocycles. The third-order valence-electron chi connectivity index (χ3n) is 30.3. The first kappa shape index (κ1) is 69.2. The Morgan fingerprint density at radius 3 is 1.17 bits per heavy atom. The number of aryl methyl sites for hydroxylation is 1.